The van der Waals surface area contributed by atoms with Crippen LogP contribution in [-0.4, -0.2) is 21.2 Å². The molecule has 0 aliphatic heterocycles. The van der Waals surface area contributed by atoms with Crippen molar-refractivity contribution in [1.29, 1.82) is 5.26 Å². The highest BCUT2D eigenvalue weighted by atomic mass is 16.5. The van der Waals surface area contributed by atoms with Crippen molar-refractivity contribution >= 4 is 0 Å². The molecule has 1 aromatic carbocycles. The van der Waals surface area contributed by atoms with Crippen LogP contribution in [-0.2, 0) is 13.1 Å². The molecule has 132 valence electrons. The molecule has 8 heteroatoms. The van der Waals surface area contributed by atoms with E-state index in [4.69, 9.17) is 14.4 Å². The number of methoxy groups -OCH3 is 1. The lowest BCUT2D eigenvalue weighted by atomic mass is 10.2. The number of nitrogens with zero attached hydrogens (tertiary/aromatic N) is 4. The number of aryl methyl sites for hydroxylation is 1. The van der Waals surface area contributed by atoms with Gasteiger partial charge in [-0.3, -0.25) is 13.9 Å². The SMILES string of the molecule is CCn1cc(C#N)c(=O)n(Cc2coc(-c3ccc(OC)cc3)n2)c1=O. The molecule has 0 amide bonds. The van der Waals surface area contributed by atoms with E-state index in [1.165, 1.54) is 17.0 Å². The molecule has 2 heterocycles. The third-order valence-electron chi connectivity index (χ3n) is 3.91. The Morgan fingerprint density at radius 1 is 1.27 bits per heavy atom. The van der Waals surface area contributed by atoms with Crippen LogP contribution in [0.2, 0.25) is 0 Å². The monoisotopic (exact) mass is 352 g/mol. The molecule has 0 bridgehead atoms. The minimum Gasteiger partial charge on any atom is -0.497 e. The number of benzene rings is 1. The number of nitriles is 1. The maximum absolute atomic E-state index is 12.4. The second-order valence-electron chi connectivity index (χ2n) is 5.49. The number of hydrogen-bond donors (Lipinski definition) is 0. The summed E-state index contributed by atoms with van der Waals surface area (Å²) in [4.78, 5) is 29.0. The highest BCUT2D eigenvalue weighted by Gasteiger charge is 2.14. The fourth-order valence-electron chi connectivity index (χ4n) is 2.50. The van der Waals surface area contributed by atoms with E-state index in [1.807, 2.05) is 6.07 Å². The van der Waals surface area contributed by atoms with E-state index in [-0.39, 0.29) is 12.1 Å². The molecule has 0 aliphatic rings. The van der Waals surface area contributed by atoms with Crippen LogP contribution in [0.15, 0.2) is 50.7 Å². The van der Waals surface area contributed by atoms with Crippen LogP contribution >= 0.6 is 0 Å². The molecule has 0 unspecified atom stereocenters. The summed E-state index contributed by atoms with van der Waals surface area (Å²) in [6, 6.07) is 8.96. The Kier molecular flexibility index (Phi) is 4.71. The third-order valence-corrected chi connectivity index (χ3v) is 3.91. The second kappa shape index (κ2) is 7.11. The first-order chi connectivity index (χ1) is 12.6. The summed E-state index contributed by atoms with van der Waals surface area (Å²) in [6.07, 6.45) is 2.66. The summed E-state index contributed by atoms with van der Waals surface area (Å²) in [5.74, 6) is 1.07. The lowest BCUT2D eigenvalue weighted by molar-refractivity contribution is 0.415. The van der Waals surface area contributed by atoms with Gasteiger partial charge in [-0.15, -0.1) is 0 Å². The van der Waals surface area contributed by atoms with Crippen molar-refractivity contribution in [3.8, 4) is 23.3 Å². The lowest BCUT2D eigenvalue weighted by Gasteiger charge is -2.07. The van der Waals surface area contributed by atoms with E-state index in [9.17, 15) is 9.59 Å². The Morgan fingerprint density at radius 3 is 2.62 bits per heavy atom. The van der Waals surface area contributed by atoms with Gasteiger partial charge in [-0.05, 0) is 31.2 Å². The van der Waals surface area contributed by atoms with Crippen molar-refractivity contribution in [3.05, 3.63) is 68.8 Å². The van der Waals surface area contributed by atoms with Crippen molar-refractivity contribution in [3.63, 3.8) is 0 Å². The van der Waals surface area contributed by atoms with Crippen molar-refractivity contribution < 1.29 is 9.15 Å². The molecule has 0 radical (unpaired) electrons. The van der Waals surface area contributed by atoms with Crippen molar-refractivity contribution in [2.75, 3.05) is 7.11 Å². The van der Waals surface area contributed by atoms with E-state index in [2.05, 4.69) is 4.98 Å². The van der Waals surface area contributed by atoms with Crippen LogP contribution in [0.4, 0.5) is 0 Å². The normalized spacial score (nSPS) is 10.5. The van der Waals surface area contributed by atoms with Crippen molar-refractivity contribution in [2.24, 2.45) is 0 Å². The summed E-state index contributed by atoms with van der Waals surface area (Å²) in [6.45, 7) is 2.03. The number of hydrogen-bond acceptors (Lipinski definition) is 6. The highest BCUT2D eigenvalue weighted by molar-refractivity contribution is 5.54. The Labute approximate surface area is 148 Å². The van der Waals surface area contributed by atoms with Gasteiger partial charge in [0.2, 0.25) is 5.89 Å². The topological polar surface area (TPSA) is 103 Å². The predicted octanol–water partition coefficient (Wildman–Crippen LogP) is 1.61. The van der Waals surface area contributed by atoms with Crippen LogP contribution in [0.5, 0.6) is 5.75 Å². The van der Waals surface area contributed by atoms with Gasteiger partial charge in [0.25, 0.3) is 5.56 Å². The zero-order valence-electron chi connectivity index (χ0n) is 14.3. The van der Waals surface area contributed by atoms with Gasteiger partial charge in [-0.2, -0.15) is 5.26 Å². The summed E-state index contributed by atoms with van der Waals surface area (Å²) < 4.78 is 12.8. The highest BCUT2D eigenvalue weighted by Crippen LogP contribution is 2.21. The van der Waals surface area contributed by atoms with Crippen LogP contribution in [0.25, 0.3) is 11.5 Å². The largest absolute Gasteiger partial charge is 0.497 e. The fraction of sp³-hybridized carbons (Fsp3) is 0.222. The van der Waals surface area contributed by atoms with Crippen LogP contribution < -0.4 is 16.0 Å². The number of oxazole rings is 1. The Balaban J connectivity index is 1.96. The third kappa shape index (κ3) is 3.15. The molecule has 0 saturated carbocycles. The van der Waals surface area contributed by atoms with Gasteiger partial charge in [-0.25, -0.2) is 9.78 Å². The molecule has 0 N–H and O–H groups in total. The molecule has 0 spiro atoms. The van der Waals surface area contributed by atoms with Crippen LogP contribution in [0.3, 0.4) is 0 Å². The molecule has 8 nitrogen and oxygen atoms in total. The first kappa shape index (κ1) is 17.2. The Hall–Kier alpha value is -3.60. The Morgan fingerprint density at radius 2 is 2.00 bits per heavy atom. The van der Waals surface area contributed by atoms with Gasteiger partial charge in [0.15, 0.2) is 0 Å². The van der Waals surface area contributed by atoms with Gasteiger partial charge < -0.3 is 9.15 Å². The fourth-order valence-corrected chi connectivity index (χ4v) is 2.50. The molecule has 26 heavy (non-hydrogen) atoms. The average molecular weight is 352 g/mol. The number of rotatable bonds is 5. The molecule has 3 rings (SSSR count). The van der Waals surface area contributed by atoms with E-state index >= 15 is 0 Å². The van der Waals surface area contributed by atoms with Gasteiger partial charge in [0.05, 0.1) is 19.3 Å². The molecular formula is C18H16N4O4. The van der Waals surface area contributed by atoms with Gasteiger partial charge in [0.1, 0.15) is 23.6 Å². The first-order valence-electron chi connectivity index (χ1n) is 7.90. The number of aromatic nitrogens is 3. The maximum atomic E-state index is 12.4. The summed E-state index contributed by atoms with van der Waals surface area (Å²) in [7, 11) is 1.58. The minimum absolute atomic E-state index is 0.0765. The van der Waals surface area contributed by atoms with Gasteiger partial charge in [-0.1, -0.05) is 0 Å². The second-order valence-corrected chi connectivity index (χ2v) is 5.49. The zero-order valence-corrected chi connectivity index (χ0v) is 14.3. The Bertz CT molecular complexity index is 1080. The van der Waals surface area contributed by atoms with E-state index in [1.54, 1.807) is 38.3 Å². The van der Waals surface area contributed by atoms with Crippen molar-refractivity contribution in [1.82, 2.24) is 14.1 Å². The van der Waals surface area contributed by atoms with Crippen molar-refractivity contribution in [2.45, 2.75) is 20.0 Å². The smallest absolute Gasteiger partial charge is 0.331 e. The number of ether oxygens (including phenoxy) is 1. The zero-order chi connectivity index (χ0) is 18.7. The quantitative estimate of drug-likeness (QED) is 0.691. The van der Waals surface area contributed by atoms with E-state index in [0.717, 1.165) is 10.1 Å². The average Bonchev–Trinajstić information content (AvgIpc) is 3.14. The van der Waals surface area contributed by atoms with Crippen LogP contribution in [0, 0.1) is 11.3 Å². The molecule has 0 fully saturated rings. The standard InChI is InChI=1S/C18H16N4O4/c1-3-21-9-13(8-19)17(23)22(18(21)24)10-14-11-26-16(20-14)12-4-6-15(25-2)7-5-12/h4-7,9,11H,3,10H2,1-2H3. The summed E-state index contributed by atoms with van der Waals surface area (Å²) >= 11 is 0. The predicted molar refractivity (Wildman–Crippen MR) is 92.9 cm³/mol. The maximum Gasteiger partial charge on any atom is 0.331 e. The molecule has 3 aromatic rings. The van der Waals surface area contributed by atoms with E-state index < -0.39 is 11.2 Å². The van der Waals surface area contributed by atoms with Gasteiger partial charge >= 0.3 is 5.69 Å². The molecule has 0 aliphatic carbocycles. The van der Waals surface area contributed by atoms with E-state index in [0.29, 0.717) is 23.9 Å². The molecular weight excluding hydrogens is 336 g/mol. The minimum atomic E-state index is -0.642. The summed E-state index contributed by atoms with van der Waals surface area (Å²) in [5, 5.41) is 9.09. The molecule has 0 saturated heterocycles. The lowest BCUT2D eigenvalue weighted by Crippen LogP contribution is -2.41. The van der Waals surface area contributed by atoms with Crippen LogP contribution in [0.1, 0.15) is 18.2 Å². The van der Waals surface area contributed by atoms with Gasteiger partial charge in [0, 0.05) is 18.3 Å². The first-order valence-corrected chi connectivity index (χ1v) is 7.90. The molecule has 2 aromatic heterocycles. The summed E-state index contributed by atoms with van der Waals surface area (Å²) in [5.41, 5.74) is -0.0825. The molecule has 0 atom stereocenters.